The molecule has 0 saturated heterocycles. The molecular weight excluding hydrogens is 198 g/mol. The summed E-state index contributed by atoms with van der Waals surface area (Å²) in [6.07, 6.45) is 0.925. The van der Waals surface area contributed by atoms with Crippen LogP contribution in [0.4, 0.5) is 0 Å². The zero-order valence-corrected chi connectivity index (χ0v) is 9.52. The third kappa shape index (κ3) is 2.54. The first kappa shape index (κ1) is 11.2. The Morgan fingerprint density at radius 3 is 2.57 bits per heavy atom. The van der Waals surface area contributed by atoms with Gasteiger partial charge in [0.1, 0.15) is 5.01 Å². The molecule has 14 heavy (non-hydrogen) atoms. The number of aromatic nitrogens is 1. The summed E-state index contributed by atoms with van der Waals surface area (Å²) in [4.78, 5) is 16.1. The van der Waals surface area contributed by atoms with Crippen molar-refractivity contribution in [2.24, 2.45) is 0 Å². The molecule has 0 unspecified atom stereocenters. The van der Waals surface area contributed by atoms with E-state index in [0.29, 0.717) is 5.92 Å². The molecule has 0 bridgehead atoms. The van der Waals surface area contributed by atoms with Crippen LogP contribution in [-0.4, -0.2) is 16.1 Å². The van der Waals surface area contributed by atoms with Crippen LogP contribution in [0.25, 0.3) is 0 Å². The molecule has 1 heterocycles. The molecule has 0 atom stereocenters. The van der Waals surface area contributed by atoms with E-state index >= 15 is 0 Å². The van der Waals surface area contributed by atoms with Gasteiger partial charge in [0.15, 0.2) is 0 Å². The van der Waals surface area contributed by atoms with Crippen LogP contribution in [0.5, 0.6) is 0 Å². The lowest BCUT2D eigenvalue weighted by molar-refractivity contribution is -0.136. The summed E-state index contributed by atoms with van der Waals surface area (Å²) >= 11 is 1.53. The van der Waals surface area contributed by atoms with Gasteiger partial charge in [-0.2, -0.15) is 0 Å². The molecule has 1 rings (SSSR count). The predicted octanol–water partition coefficient (Wildman–Crippen LogP) is 2.46. The minimum Gasteiger partial charge on any atom is -0.481 e. The maximum absolute atomic E-state index is 10.5. The number of aryl methyl sites for hydroxylation is 1. The van der Waals surface area contributed by atoms with Crippen LogP contribution in [0, 0.1) is 0 Å². The van der Waals surface area contributed by atoms with Gasteiger partial charge in [-0.05, 0) is 12.3 Å². The van der Waals surface area contributed by atoms with E-state index < -0.39 is 5.97 Å². The van der Waals surface area contributed by atoms with Crippen molar-refractivity contribution in [3.63, 3.8) is 0 Å². The van der Waals surface area contributed by atoms with Crippen LogP contribution in [0.3, 0.4) is 0 Å². The molecule has 0 spiro atoms. The quantitative estimate of drug-likeness (QED) is 0.835. The first-order valence-corrected chi connectivity index (χ1v) is 5.56. The third-order valence-electron chi connectivity index (χ3n) is 1.93. The van der Waals surface area contributed by atoms with Gasteiger partial charge < -0.3 is 5.11 Å². The van der Waals surface area contributed by atoms with E-state index in [4.69, 9.17) is 5.11 Å². The number of carbonyl (C=O) groups is 1. The Hall–Kier alpha value is -0.900. The molecule has 0 aliphatic rings. The van der Waals surface area contributed by atoms with Gasteiger partial charge in [-0.15, -0.1) is 11.3 Å². The van der Waals surface area contributed by atoms with Crippen LogP contribution < -0.4 is 0 Å². The number of carboxylic acid groups (broad SMARTS) is 1. The van der Waals surface area contributed by atoms with E-state index in [1.807, 2.05) is 6.92 Å². The van der Waals surface area contributed by atoms with Crippen molar-refractivity contribution in [3.05, 3.63) is 15.6 Å². The van der Waals surface area contributed by atoms with Gasteiger partial charge in [0.05, 0.1) is 12.1 Å². The van der Waals surface area contributed by atoms with Crippen molar-refractivity contribution in [2.75, 3.05) is 0 Å². The average molecular weight is 213 g/mol. The lowest BCUT2D eigenvalue weighted by atomic mass is 10.1. The fraction of sp³-hybridized carbons (Fsp3) is 0.600. The van der Waals surface area contributed by atoms with E-state index in [1.54, 1.807) is 0 Å². The summed E-state index contributed by atoms with van der Waals surface area (Å²) in [5, 5.41) is 9.37. The highest BCUT2D eigenvalue weighted by Crippen LogP contribution is 2.27. The monoisotopic (exact) mass is 213 g/mol. The number of carboxylic acids is 1. The fourth-order valence-electron chi connectivity index (χ4n) is 1.32. The third-order valence-corrected chi connectivity index (χ3v) is 3.33. The Labute approximate surface area is 87.8 Å². The van der Waals surface area contributed by atoms with Crippen LogP contribution >= 0.6 is 11.3 Å². The predicted molar refractivity (Wildman–Crippen MR) is 56.9 cm³/mol. The lowest BCUT2D eigenvalue weighted by Crippen LogP contribution is -1.99. The van der Waals surface area contributed by atoms with Gasteiger partial charge >= 0.3 is 5.97 Å². The molecule has 0 aliphatic carbocycles. The molecule has 0 aromatic carbocycles. The van der Waals surface area contributed by atoms with E-state index in [-0.39, 0.29) is 6.42 Å². The van der Waals surface area contributed by atoms with E-state index in [0.717, 1.165) is 17.1 Å². The topological polar surface area (TPSA) is 50.2 Å². The number of aliphatic carboxylic acids is 1. The molecule has 0 radical (unpaired) electrons. The SMILES string of the molecule is CCc1nc(CC(=O)O)sc1C(C)C. The Bertz CT molecular complexity index is 331. The minimum absolute atomic E-state index is 0.0460. The molecule has 4 heteroatoms. The molecule has 0 saturated carbocycles. The van der Waals surface area contributed by atoms with Crippen molar-refractivity contribution in [1.29, 1.82) is 0 Å². The number of rotatable bonds is 4. The molecule has 0 aliphatic heterocycles. The molecule has 3 nitrogen and oxygen atoms in total. The van der Waals surface area contributed by atoms with Crippen LogP contribution in [-0.2, 0) is 17.6 Å². The first-order chi connectivity index (χ1) is 6.54. The fourth-order valence-corrected chi connectivity index (χ4v) is 2.47. The van der Waals surface area contributed by atoms with Gasteiger partial charge in [0.25, 0.3) is 0 Å². The lowest BCUT2D eigenvalue weighted by Gasteiger charge is -2.01. The van der Waals surface area contributed by atoms with E-state index in [9.17, 15) is 4.79 Å². The molecular formula is C10H15NO2S. The minimum atomic E-state index is -0.809. The Morgan fingerprint density at radius 1 is 1.57 bits per heavy atom. The van der Waals surface area contributed by atoms with Crippen LogP contribution in [0.2, 0.25) is 0 Å². The summed E-state index contributed by atoms with van der Waals surface area (Å²) in [6.45, 7) is 6.26. The summed E-state index contributed by atoms with van der Waals surface area (Å²) in [6, 6.07) is 0. The smallest absolute Gasteiger partial charge is 0.310 e. The second-order valence-electron chi connectivity index (χ2n) is 3.50. The summed E-state index contributed by atoms with van der Waals surface area (Å²) in [5.41, 5.74) is 1.06. The maximum atomic E-state index is 10.5. The second kappa shape index (κ2) is 4.55. The second-order valence-corrected chi connectivity index (χ2v) is 4.61. The molecule has 1 aromatic rings. The van der Waals surface area contributed by atoms with Crippen molar-refractivity contribution >= 4 is 17.3 Å². The van der Waals surface area contributed by atoms with Gasteiger partial charge in [0.2, 0.25) is 0 Å². The highest BCUT2D eigenvalue weighted by Gasteiger charge is 2.14. The molecule has 78 valence electrons. The summed E-state index contributed by atoms with van der Waals surface area (Å²) < 4.78 is 0. The Morgan fingerprint density at radius 2 is 2.21 bits per heavy atom. The summed E-state index contributed by atoms with van der Waals surface area (Å²) in [7, 11) is 0. The average Bonchev–Trinajstić information content (AvgIpc) is 2.46. The molecule has 0 amide bonds. The van der Waals surface area contributed by atoms with Crippen molar-refractivity contribution in [3.8, 4) is 0 Å². The number of hydrogen-bond donors (Lipinski definition) is 1. The number of nitrogens with zero attached hydrogens (tertiary/aromatic N) is 1. The highest BCUT2D eigenvalue weighted by molar-refractivity contribution is 7.11. The summed E-state index contributed by atoms with van der Waals surface area (Å²) in [5.74, 6) is -0.373. The Balaban J connectivity index is 2.94. The van der Waals surface area contributed by atoms with Gasteiger partial charge in [-0.3, -0.25) is 4.79 Å². The van der Waals surface area contributed by atoms with Gasteiger partial charge in [0, 0.05) is 4.88 Å². The van der Waals surface area contributed by atoms with Gasteiger partial charge in [-0.25, -0.2) is 4.98 Å². The zero-order valence-electron chi connectivity index (χ0n) is 8.70. The zero-order chi connectivity index (χ0) is 10.7. The molecule has 1 aromatic heterocycles. The van der Waals surface area contributed by atoms with Gasteiger partial charge in [-0.1, -0.05) is 20.8 Å². The first-order valence-electron chi connectivity index (χ1n) is 4.74. The van der Waals surface area contributed by atoms with Crippen molar-refractivity contribution in [2.45, 2.75) is 39.5 Å². The normalized spacial score (nSPS) is 10.9. The van der Waals surface area contributed by atoms with E-state index in [1.165, 1.54) is 16.2 Å². The van der Waals surface area contributed by atoms with Crippen LogP contribution in [0.1, 0.15) is 42.3 Å². The largest absolute Gasteiger partial charge is 0.481 e. The van der Waals surface area contributed by atoms with Crippen LogP contribution in [0.15, 0.2) is 0 Å². The number of hydrogen-bond acceptors (Lipinski definition) is 3. The van der Waals surface area contributed by atoms with Crippen molar-refractivity contribution < 1.29 is 9.90 Å². The number of thiazole rings is 1. The molecule has 0 fully saturated rings. The van der Waals surface area contributed by atoms with Crippen molar-refractivity contribution in [1.82, 2.24) is 4.98 Å². The maximum Gasteiger partial charge on any atom is 0.310 e. The Kier molecular flexibility index (Phi) is 3.63. The highest BCUT2D eigenvalue weighted by atomic mass is 32.1. The molecule has 1 N–H and O–H groups in total. The standard InChI is InChI=1S/C10H15NO2S/c1-4-7-10(6(2)3)14-8(11-7)5-9(12)13/h6H,4-5H2,1-3H3,(H,12,13). The van der Waals surface area contributed by atoms with E-state index in [2.05, 4.69) is 18.8 Å².